The van der Waals surface area contributed by atoms with Gasteiger partial charge in [-0.3, -0.25) is 14.4 Å². The number of allylic oxidation sites excluding steroid dienone is 1. The molecular weight excluding hydrogens is 438 g/mol. The molecule has 0 aromatic heterocycles. The summed E-state index contributed by atoms with van der Waals surface area (Å²) >= 11 is 0. The van der Waals surface area contributed by atoms with E-state index in [0.29, 0.717) is 17.0 Å². The first-order valence-corrected chi connectivity index (χ1v) is 10.6. The lowest BCUT2D eigenvalue weighted by Gasteiger charge is -2.28. The van der Waals surface area contributed by atoms with Gasteiger partial charge < -0.3 is 25.4 Å². The summed E-state index contributed by atoms with van der Waals surface area (Å²) in [5.74, 6) is -1.54. The Kier molecular flexibility index (Phi) is 7.35. The molecule has 3 N–H and O–H groups in total. The number of hydrogen-bond acceptors (Lipinski definition) is 5. The maximum atomic E-state index is 12.7. The number of rotatable bonds is 7. The van der Waals surface area contributed by atoms with E-state index < -0.39 is 35.8 Å². The largest absolute Gasteiger partial charge is 0.497 e. The number of aliphatic carboxylic acids is 1. The van der Waals surface area contributed by atoms with Gasteiger partial charge in [-0.1, -0.05) is 24.3 Å². The third kappa shape index (κ3) is 5.43. The van der Waals surface area contributed by atoms with E-state index in [1.165, 1.54) is 18.0 Å². The van der Waals surface area contributed by atoms with Crippen molar-refractivity contribution in [3.8, 4) is 16.9 Å². The molecule has 0 radical (unpaired) electrons. The van der Waals surface area contributed by atoms with Crippen LogP contribution < -0.4 is 15.4 Å². The molecule has 9 heteroatoms. The average Bonchev–Trinajstić information content (AvgIpc) is 2.80. The van der Waals surface area contributed by atoms with Gasteiger partial charge in [0.05, 0.1) is 19.6 Å². The van der Waals surface area contributed by atoms with Crippen LogP contribution in [-0.2, 0) is 14.4 Å². The van der Waals surface area contributed by atoms with Crippen LogP contribution in [0.3, 0.4) is 0 Å². The molecule has 0 aliphatic carbocycles. The molecule has 34 heavy (non-hydrogen) atoms. The Balaban J connectivity index is 1.86. The number of nitrogens with zero attached hydrogens (tertiary/aromatic N) is 1. The molecule has 9 nitrogen and oxygen atoms in total. The second-order valence-electron chi connectivity index (χ2n) is 8.09. The fourth-order valence-corrected chi connectivity index (χ4v) is 3.72. The van der Waals surface area contributed by atoms with Crippen molar-refractivity contribution >= 4 is 23.7 Å². The first-order chi connectivity index (χ1) is 16.1. The average molecular weight is 466 g/mol. The number of benzene rings is 2. The molecule has 0 spiro atoms. The van der Waals surface area contributed by atoms with Gasteiger partial charge in [0.25, 0.3) is 5.91 Å². The Morgan fingerprint density at radius 2 is 1.88 bits per heavy atom. The van der Waals surface area contributed by atoms with Crippen LogP contribution in [0.4, 0.5) is 4.79 Å². The normalized spacial score (nSPS) is 16.5. The van der Waals surface area contributed by atoms with E-state index in [2.05, 4.69) is 10.6 Å². The third-order valence-electron chi connectivity index (χ3n) is 5.75. The number of carboxylic acid groups (broad SMARTS) is 1. The predicted molar refractivity (Wildman–Crippen MR) is 125 cm³/mol. The summed E-state index contributed by atoms with van der Waals surface area (Å²) in [6.07, 6.45) is 0.890. The van der Waals surface area contributed by atoms with E-state index in [-0.39, 0.29) is 6.42 Å². The van der Waals surface area contributed by atoms with Crippen LogP contribution in [0.2, 0.25) is 0 Å². The van der Waals surface area contributed by atoms with Gasteiger partial charge >= 0.3 is 12.0 Å². The fraction of sp³-hybridized carbons (Fsp3) is 0.280. The molecule has 2 atom stereocenters. The minimum Gasteiger partial charge on any atom is -0.497 e. The molecule has 2 aromatic rings. The molecule has 2 unspecified atom stereocenters. The first-order valence-electron chi connectivity index (χ1n) is 10.6. The predicted octanol–water partition coefficient (Wildman–Crippen LogP) is 2.80. The molecule has 1 heterocycles. The quantitative estimate of drug-likeness (QED) is 0.540. The highest BCUT2D eigenvalue weighted by Crippen LogP contribution is 2.30. The van der Waals surface area contributed by atoms with Crippen molar-refractivity contribution in [2.24, 2.45) is 0 Å². The van der Waals surface area contributed by atoms with E-state index >= 15 is 0 Å². The number of carbonyl (C=O) groups is 4. The van der Waals surface area contributed by atoms with Crippen molar-refractivity contribution < 1.29 is 29.0 Å². The molecule has 2 aromatic carbocycles. The molecular formula is C25H27N3O6. The molecule has 0 saturated heterocycles. The third-order valence-corrected chi connectivity index (χ3v) is 5.75. The van der Waals surface area contributed by atoms with Crippen LogP contribution in [-0.4, -0.2) is 53.9 Å². The number of carboxylic acids is 1. The topological polar surface area (TPSA) is 125 Å². The standard InChI is InChI=1S/C25H27N3O6/c1-14-8-9-17(12-19(14)16-6-5-7-18(11-16)34-4)20(13-22(30)31)26-25(33)27-23-21(29)10-15(2)28(3)24(23)32/h5-12,20,23H,13H2,1-4H3,(H,30,31)(H2,26,27,33). The zero-order valence-electron chi connectivity index (χ0n) is 19.4. The summed E-state index contributed by atoms with van der Waals surface area (Å²) in [5, 5.41) is 14.4. The fourth-order valence-electron chi connectivity index (χ4n) is 3.72. The van der Waals surface area contributed by atoms with E-state index in [1.807, 2.05) is 43.3 Å². The van der Waals surface area contributed by atoms with Crippen LogP contribution in [0, 0.1) is 6.92 Å². The van der Waals surface area contributed by atoms with Crippen molar-refractivity contribution in [2.75, 3.05) is 14.2 Å². The number of urea groups is 1. The van der Waals surface area contributed by atoms with Gasteiger partial charge in [-0.15, -0.1) is 0 Å². The number of carbonyl (C=O) groups excluding carboxylic acids is 3. The Labute approximate surface area is 197 Å². The molecule has 0 fully saturated rings. The van der Waals surface area contributed by atoms with E-state index in [0.717, 1.165) is 16.7 Å². The van der Waals surface area contributed by atoms with Gasteiger partial charge in [0.15, 0.2) is 11.8 Å². The number of hydrogen-bond donors (Lipinski definition) is 3. The first kappa shape index (κ1) is 24.5. The van der Waals surface area contributed by atoms with Gasteiger partial charge in [-0.05, 0) is 54.3 Å². The smallest absolute Gasteiger partial charge is 0.316 e. The van der Waals surface area contributed by atoms with Crippen LogP contribution in [0.5, 0.6) is 5.75 Å². The van der Waals surface area contributed by atoms with E-state index in [4.69, 9.17) is 4.74 Å². The van der Waals surface area contributed by atoms with Crippen molar-refractivity contribution in [2.45, 2.75) is 32.4 Å². The summed E-state index contributed by atoms with van der Waals surface area (Å²) in [5.41, 5.74) is 3.73. The van der Waals surface area contributed by atoms with Crippen molar-refractivity contribution in [3.63, 3.8) is 0 Å². The van der Waals surface area contributed by atoms with Gasteiger partial charge in [0.1, 0.15) is 5.75 Å². The minimum atomic E-state index is -1.37. The van der Waals surface area contributed by atoms with Crippen LogP contribution in [0.25, 0.3) is 11.1 Å². The summed E-state index contributed by atoms with van der Waals surface area (Å²) in [6, 6.07) is 9.76. The maximum Gasteiger partial charge on any atom is 0.316 e. The highest BCUT2D eigenvalue weighted by Gasteiger charge is 2.34. The molecule has 0 bridgehead atoms. The summed E-state index contributed by atoms with van der Waals surface area (Å²) in [4.78, 5) is 50.2. The zero-order chi connectivity index (χ0) is 25.0. The molecule has 1 aliphatic heterocycles. The lowest BCUT2D eigenvalue weighted by molar-refractivity contribution is -0.138. The lowest BCUT2D eigenvalue weighted by atomic mass is 9.94. The maximum absolute atomic E-state index is 12.7. The Bertz CT molecular complexity index is 1170. The van der Waals surface area contributed by atoms with Gasteiger partial charge in [0, 0.05) is 18.8 Å². The van der Waals surface area contributed by atoms with Crippen molar-refractivity contribution in [1.82, 2.24) is 15.5 Å². The second kappa shape index (κ2) is 10.2. The van der Waals surface area contributed by atoms with Crippen molar-refractivity contribution in [1.29, 1.82) is 0 Å². The lowest BCUT2D eigenvalue weighted by Crippen LogP contribution is -2.56. The van der Waals surface area contributed by atoms with E-state index in [9.17, 15) is 24.3 Å². The number of nitrogens with one attached hydrogen (secondary N) is 2. The van der Waals surface area contributed by atoms with Gasteiger partial charge in [0.2, 0.25) is 0 Å². The summed E-state index contributed by atoms with van der Waals surface area (Å²) in [6.45, 7) is 3.55. The molecule has 178 valence electrons. The van der Waals surface area contributed by atoms with Gasteiger partial charge in [-0.25, -0.2) is 4.79 Å². The van der Waals surface area contributed by atoms with E-state index in [1.54, 1.807) is 20.1 Å². The van der Waals surface area contributed by atoms with Crippen LogP contribution in [0.15, 0.2) is 54.2 Å². The van der Waals surface area contributed by atoms with Gasteiger partial charge in [-0.2, -0.15) is 0 Å². The molecule has 1 aliphatic rings. The number of ether oxygens (including phenoxy) is 1. The number of methoxy groups -OCH3 is 1. The van der Waals surface area contributed by atoms with Crippen LogP contribution in [0.1, 0.15) is 30.5 Å². The Hall–Kier alpha value is -4.14. The Morgan fingerprint density at radius 3 is 2.56 bits per heavy atom. The molecule has 0 saturated carbocycles. The number of likely N-dealkylation sites (N-methyl/N-ethyl adjacent to an activating group) is 1. The SMILES string of the molecule is COc1cccc(-c2cc(C(CC(=O)O)NC(=O)NC3C(=O)C=C(C)N(C)C3=O)ccc2C)c1. The summed E-state index contributed by atoms with van der Waals surface area (Å²) < 4.78 is 5.30. The number of amides is 3. The van der Waals surface area contributed by atoms with Crippen molar-refractivity contribution in [3.05, 3.63) is 65.4 Å². The molecule has 3 amide bonds. The number of ketones is 1. The highest BCUT2D eigenvalue weighted by atomic mass is 16.5. The monoisotopic (exact) mass is 465 g/mol. The molecule has 3 rings (SSSR count). The second-order valence-corrected chi connectivity index (χ2v) is 8.09. The summed E-state index contributed by atoms with van der Waals surface area (Å²) in [7, 11) is 3.08. The zero-order valence-corrected chi connectivity index (χ0v) is 19.4. The minimum absolute atomic E-state index is 0.389. The Morgan fingerprint density at radius 1 is 1.15 bits per heavy atom. The number of aryl methyl sites for hydroxylation is 1. The highest BCUT2D eigenvalue weighted by molar-refractivity contribution is 6.14. The van der Waals surface area contributed by atoms with Crippen LogP contribution >= 0.6 is 0 Å².